The van der Waals surface area contributed by atoms with Crippen LogP contribution in [0.3, 0.4) is 0 Å². The zero-order chi connectivity index (χ0) is 20.5. The predicted molar refractivity (Wildman–Crippen MR) is 102 cm³/mol. The molecule has 0 aliphatic heterocycles. The number of hydrogen-bond acceptors (Lipinski definition) is 5. The summed E-state index contributed by atoms with van der Waals surface area (Å²) in [6.45, 7) is 1.41. The summed E-state index contributed by atoms with van der Waals surface area (Å²) in [5.74, 6) is -1.35. The lowest BCUT2D eigenvalue weighted by atomic mass is 10.1. The zero-order valence-corrected chi connectivity index (χ0v) is 15.2. The van der Waals surface area contributed by atoms with E-state index in [1.54, 1.807) is 42.5 Å². The molecule has 28 heavy (non-hydrogen) atoms. The van der Waals surface area contributed by atoms with Crippen LogP contribution in [-0.2, 0) is 20.7 Å². The summed E-state index contributed by atoms with van der Waals surface area (Å²) in [6, 6.07) is 15.4. The maximum absolute atomic E-state index is 12.4. The first-order chi connectivity index (χ1) is 13.4. The predicted octanol–water partition coefficient (Wildman–Crippen LogP) is 1.71. The van der Waals surface area contributed by atoms with E-state index in [2.05, 4.69) is 10.6 Å². The third kappa shape index (κ3) is 6.14. The van der Waals surface area contributed by atoms with Crippen LogP contribution >= 0.6 is 0 Å². The topological polar surface area (TPSA) is 134 Å². The summed E-state index contributed by atoms with van der Waals surface area (Å²) in [7, 11) is 0. The van der Waals surface area contributed by atoms with Gasteiger partial charge in [0.2, 0.25) is 0 Å². The molecule has 2 aromatic rings. The van der Waals surface area contributed by atoms with E-state index in [9.17, 15) is 14.4 Å². The van der Waals surface area contributed by atoms with Crippen LogP contribution in [0.1, 0.15) is 18.1 Å². The van der Waals surface area contributed by atoms with Crippen LogP contribution in [0, 0.1) is 11.3 Å². The van der Waals surface area contributed by atoms with E-state index in [-0.39, 0.29) is 6.42 Å². The van der Waals surface area contributed by atoms with Gasteiger partial charge in [-0.1, -0.05) is 36.4 Å². The third-order valence-corrected chi connectivity index (χ3v) is 3.81. The van der Waals surface area contributed by atoms with Crippen molar-refractivity contribution in [2.24, 2.45) is 5.73 Å². The Hall–Kier alpha value is -3.86. The van der Waals surface area contributed by atoms with E-state index in [4.69, 9.17) is 15.7 Å². The van der Waals surface area contributed by atoms with E-state index >= 15 is 0 Å². The fourth-order valence-electron chi connectivity index (χ4n) is 2.44. The Morgan fingerprint density at radius 1 is 1.14 bits per heavy atom. The fraction of sp³-hybridized carbons (Fsp3) is 0.200. The van der Waals surface area contributed by atoms with Gasteiger partial charge in [0, 0.05) is 12.1 Å². The number of urea groups is 1. The van der Waals surface area contributed by atoms with Gasteiger partial charge in [-0.05, 0) is 30.7 Å². The van der Waals surface area contributed by atoms with Gasteiger partial charge < -0.3 is 21.1 Å². The van der Waals surface area contributed by atoms with Gasteiger partial charge in [-0.25, -0.2) is 9.59 Å². The summed E-state index contributed by atoms with van der Waals surface area (Å²) in [6.07, 6.45) is -0.951. The molecule has 144 valence electrons. The van der Waals surface area contributed by atoms with Crippen LogP contribution in [0.25, 0.3) is 0 Å². The highest BCUT2D eigenvalue weighted by Crippen LogP contribution is 2.11. The maximum Gasteiger partial charge on any atom is 0.329 e. The van der Waals surface area contributed by atoms with Crippen molar-refractivity contribution < 1.29 is 19.1 Å². The molecular weight excluding hydrogens is 360 g/mol. The number of benzene rings is 2. The molecule has 0 radical (unpaired) electrons. The highest BCUT2D eigenvalue weighted by molar-refractivity contribution is 5.95. The number of nitrogens with zero attached hydrogens (tertiary/aromatic N) is 1. The molecule has 8 heteroatoms. The Bertz CT molecular complexity index is 893. The molecule has 2 aromatic carbocycles. The molecule has 0 heterocycles. The number of anilines is 1. The standard InChI is InChI=1S/C20H20N4O4/c1-13(18(25)23-16-9-5-8-15(10-16)12-21)28-19(26)17(24-20(22)27)11-14-6-3-2-4-7-14/h2-10,13,17H,11H2,1H3,(H,23,25)(H3,22,24,27). The number of amides is 3. The molecule has 0 spiro atoms. The number of hydrogen-bond donors (Lipinski definition) is 3. The average Bonchev–Trinajstić information content (AvgIpc) is 2.68. The fourth-order valence-corrected chi connectivity index (χ4v) is 2.44. The van der Waals surface area contributed by atoms with Crippen LogP contribution in [0.2, 0.25) is 0 Å². The highest BCUT2D eigenvalue weighted by Gasteiger charge is 2.26. The smallest absolute Gasteiger partial charge is 0.329 e. The SMILES string of the molecule is CC(OC(=O)C(Cc1ccccc1)NC(N)=O)C(=O)Nc1cccc(C#N)c1. The van der Waals surface area contributed by atoms with E-state index in [1.165, 1.54) is 13.0 Å². The molecule has 0 bridgehead atoms. The van der Waals surface area contributed by atoms with Gasteiger partial charge >= 0.3 is 12.0 Å². The molecule has 3 amide bonds. The van der Waals surface area contributed by atoms with Crippen molar-refractivity contribution in [3.63, 3.8) is 0 Å². The first kappa shape index (κ1) is 20.5. The van der Waals surface area contributed by atoms with Crippen molar-refractivity contribution in [3.05, 3.63) is 65.7 Å². The zero-order valence-electron chi connectivity index (χ0n) is 15.2. The minimum absolute atomic E-state index is 0.168. The number of ether oxygens (including phenoxy) is 1. The third-order valence-electron chi connectivity index (χ3n) is 3.81. The second-order valence-corrected chi connectivity index (χ2v) is 6.01. The lowest BCUT2D eigenvalue weighted by Gasteiger charge is -2.19. The van der Waals surface area contributed by atoms with E-state index in [0.29, 0.717) is 11.3 Å². The van der Waals surface area contributed by atoms with Crippen LogP contribution in [0.5, 0.6) is 0 Å². The van der Waals surface area contributed by atoms with Gasteiger partial charge in [0.15, 0.2) is 6.10 Å². The molecule has 0 fully saturated rings. The minimum Gasteiger partial charge on any atom is -0.451 e. The minimum atomic E-state index is -1.12. The largest absolute Gasteiger partial charge is 0.451 e. The van der Waals surface area contributed by atoms with Crippen molar-refractivity contribution >= 4 is 23.6 Å². The number of carbonyl (C=O) groups excluding carboxylic acids is 3. The normalized spacial score (nSPS) is 12.1. The van der Waals surface area contributed by atoms with Crippen molar-refractivity contribution in [1.29, 1.82) is 5.26 Å². The Morgan fingerprint density at radius 3 is 2.50 bits per heavy atom. The van der Waals surface area contributed by atoms with Crippen LogP contribution < -0.4 is 16.4 Å². The summed E-state index contributed by atoms with van der Waals surface area (Å²) < 4.78 is 5.19. The van der Waals surface area contributed by atoms with Crippen LogP contribution in [0.15, 0.2) is 54.6 Å². The Kier molecular flexibility index (Phi) is 7.11. The van der Waals surface area contributed by atoms with Gasteiger partial charge in [0.25, 0.3) is 5.91 Å². The number of esters is 1. The van der Waals surface area contributed by atoms with Gasteiger partial charge in [-0.3, -0.25) is 4.79 Å². The number of nitrogens with one attached hydrogen (secondary N) is 2. The van der Waals surface area contributed by atoms with Gasteiger partial charge in [0.05, 0.1) is 11.6 Å². The number of rotatable bonds is 7. The quantitative estimate of drug-likeness (QED) is 0.629. The summed E-state index contributed by atoms with van der Waals surface area (Å²) in [4.78, 5) is 35.9. The molecule has 0 saturated heterocycles. The Labute approximate surface area is 162 Å². The lowest BCUT2D eigenvalue weighted by Crippen LogP contribution is -2.47. The van der Waals surface area contributed by atoms with Crippen LogP contribution in [0.4, 0.5) is 10.5 Å². The monoisotopic (exact) mass is 380 g/mol. The second kappa shape index (κ2) is 9.73. The molecule has 4 N–H and O–H groups in total. The number of carbonyl (C=O) groups is 3. The lowest BCUT2D eigenvalue weighted by molar-refractivity contribution is -0.155. The highest BCUT2D eigenvalue weighted by atomic mass is 16.5. The molecule has 2 unspecified atom stereocenters. The first-order valence-electron chi connectivity index (χ1n) is 8.50. The van der Waals surface area contributed by atoms with Crippen molar-refractivity contribution in [3.8, 4) is 6.07 Å². The molecule has 0 aliphatic carbocycles. The summed E-state index contributed by atoms with van der Waals surface area (Å²) in [5.41, 5.74) is 6.73. The molecule has 0 saturated carbocycles. The number of nitriles is 1. The van der Waals surface area contributed by atoms with Gasteiger partial charge in [-0.2, -0.15) is 5.26 Å². The van der Waals surface area contributed by atoms with Crippen molar-refractivity contribution in [2.75, 3.05) is 5.32 Å². The second-order valence-electron chi connectivity index (χ2n) is 6.01. The average molecular weight is 380 g/mol. The van der Waals surface area contributed by atoms with E-state index < -0.39 is 30.1 Å². The maximum atomic E-state index is 12.4. The molecule has 8 nitrogen and oxygen atoms in total. The Morgan fingerprint density at radius 2 is 1.86 bits per heavy atom. The molecule has 2 atom stereocenters. The molecule has 0 aromatic heterocycles. The number of primary amides is 1. The van der Waals surface area contributed by atoms with Crippen molar-refractivity contribution in [1.82, 2.24) is 5.32 Å². The summed E-state index contributed by atoms with van der Waals surface area (Å²) >= 11 is 0. The first-order valence-corrected chi connectivity index (χ1v) is 8.50. The molecule has 2 rings (SSSR count). The Balaban J connectivity index is 2.01. The van der Waals surface area contributed by atoms with Crippen molar-refractivity contribution in [2.45, 2.75) is 25.5 Å². The van der Waals surface area contributed by atoms with E-state index in [1.807, 2.05) is 12.1 Å². The molecular formula is C20H20N4O4. The van der Waals surface area contributed by atoms with E-state index in [0.717, 1.165) is 5.56 Å². The van der Waals surface area contributed by atoms with Gasteiger partial charge in [0.1, 0.15) is 6.04 Å². The van der Waals surface area contributed by atoms with Gasteiger partial charge in [-0.15, -0.1) is 0 Å². The van der Waals surface area contributed by atoms with Crippen LogP contribution in [-0.4, -0.2) is 30.1 Å². The molecule has 0 aliphatic rings. The number of nitrogens with two attached hydrogens (primary N) is 1. The summed E-state index contributed by atoms with van der Waals surface area (Å²) in [5, 5.41) is 13.8.